The molecule has 4 aromatic rings. The Labute approximate surface area is 217 Å². The first kappa shape index (κ1) is 25.3. The number of benzene rings is 1. The van der Waals surface area contributed by atoms with Crippen LogP contribution >= 0.6 is 11.3 Å². The van der Waals surface area contributed by atoms with Gasteiger partial charge in [0.15, 0.2) is 11.0 Å². The van der Waals surface area contributed by atoms with Crippen LogP contribution in [0.1, 0.15) is 54.2 Å². The third kappa shape index (κ3) is 5.71. The lowest BCUT2D eigenvalue weighted by atomic mass is 10.00. The Balaban J connectivity index is 1.67. The van der Waals surface area contributed by atoms with Gasteiger partial charge >= 0.3 is 0 Å². The average Bonchev–Trinajstić information content (AvgIpc) is 3.26. The van der Waals surface area contributed by atoms with Crippen LogP contribution in [0.15, 0.2) is 53.7 Å². The maximum absolute atomic E-state index is 6.38. The van der Waals surface area contributed by atoms with Crippen LogP contribution in [0.4, 0.5) is 10.9 Å². The number of nitrogens with two attached hydrogens (primary N) is 2. The minimum absolute atomic E-state index is 0.580. The highest BCUT2D eigenvalue weighted by Crippen LogP contribution is 2.28. The SMILES string of the molecule is CCCN(Cc1ccc(-c2csc(N)n2)cc1)c1cc(C)nc(C(=C(C)N)c2cnc(C)cc2C)n1. The van der Waals surface area contributed by atoms with Gasteiger partial charge in [-0.05, 0) is 51.3 Å². The number of allylic oxidation sites excluding steroid dienone is 1. The van der Waals surface area contributed by atoms with E-state index in [0.29, 0.717) is 16.7 Å². The molecule has 0 fully saturated rings. The first-order valence-corrected chi connectivity index (χ1v) is 12.9. The molecule has 0 amide bonds. The van der Waals surface area contributed by atoms with Crippen molar-refractivity contribution in [3.05, 3.63) is 87.6 Å². The summed E-state index contributed by atoms with van der Waals surface area (Å²) >= 11 is 1.45. The molecule has 3 heterocycles. The zero-order valence-corrected chi connectivity index (χ0v) is 22.4. The molecule has 0 radical (unpaired) electrons. The molecule has 0 saturated carbocycles. The molecule has 1 aromatic carbocycles. The predicted octanol–water partition coefficient (Wildman–Crippen LogP) is 5.66. The normalized spacial score (nSPS) is 11.9. The number of pyridine rings is 1. The monoisotopic (exact) mass is 499 g/mol. The van der Waals surface area contributed by atoms with Gasteiger partial charge < -0.3 is 16.4 Å². The summed E-state index contributed by atoms with van der Waals surface area (Å²) in [5, 5.41) is 2.56. The fourth-order valence-electron chi connectivity index (χ4n) is 4.26. The third-order valence-electron chi connectivity index (χ3n) is 5.94. The van der Waals surface area contributed by atoms with E-state index in [9.17, 15) is 0 Å². The van der Waals surface area contributed by atoms with Gasteiger partial charge in [-0.3, -0.25) is 4.98 Å². The van der Waals surface area contributed by atoms with Crippen LogP contribution in [0.5, 0.6) is 0 Å². The number of aryl methyl sites for hydroxylation is 3. The largest absolute Gasteiger partial charge is 0.402 e. The van der Waals surface area contributed by atoms with E-state index in [-0.39, 0.29) is 0 Å². The molecule has 36 heavy (non-hydrogen) atoms. The van der Waals surface area contributed by atoms with Gasteiger partial charge in [0, 0.05) is 64.5 Å². The van der Waals surface area contributed by atoms with Crippen molar-refractivity contribution in [1.29, 1.82) is 0 Å². The van der Waals surface area contributed by atoms with Gasteiger partial charge in [-0.15, -0.1) is 11.3 Å². The first-order chi connectivity index (χ1) is 17.2. The Kier molecular flexibility index (Phi) is 7.64. The molecule has 0 aliphatic rings. The summed E-state index contributed by atoms with van der Waals surface area (Å²) in [7, 11) is 0. The van der Waals surface area contributed by atoms with Gasteiger partial charge in [0.2, 0.25) is 0 Å². The van der Waals surface area contributed by atoms with Crippen LogP contribution in [0.3, 0.4) is 0 Å². The van der Waals surface area contributed by atoms with E-state index in [0.717, 1.165) is 64.7 Å². The van der Waals surface area contributed by atoms with Crippen molar-refractivity contribution in [2.75, 3.05) is 17.2 Å². The molecule has 0 aliphatic heterocycles. The molecule has 0 atom stereocenters. The maximum atomic E-state index is 6.38. The standard InChI is InChI=1S/C28H33N7S/c1-6-11-35(15-21-7-9-22(10-8-21)24-16-36-28(30)33-24)25-13-19(4)32-27(34-25)26(20(5)29)23-14-31-18(3)12-17(23)2/h7-10,12-14,16H,6,11,15,29H2,1-5H3,(H2,30,33). The number of thiazole rings is 1. The number of hydrogen-bond acceptors (Lipinski definition) is 8. The number of nitrogens with zero attached hydrogens (tertiary/aromatic N) is 5. The fourth-order valence-corrected chi connectivity index (χ4v) is 4.83. The zero-order chi connectivity index (χ0) is 25.8. The number of rotatable bonds is 8. The van der Waals surface area contributed by atoms with E-state index < -0.39 is 0 Å². The number of nitrogen functional groups attached to an aromatic ring is 1. The molecule has 4 rings (SSSR count). The van der Waals surface area contributed by atoms with E-state index >= 15 is 0 Å². The quantitative estimate of drug-likeness (QED) is 0.322. The molecule has 0 unspecified atom stereocenters. The predicted molar refractivity (Wildman–Crippen MR) is 150 cm³/mol. The van der Waals surface area contributed by atoms with Gasteiger partial charge in [0.1, 0.15) is 5.82 Å². The van der Waals surface area contributed by atoms with Crippen molar-refractivity contribution in [2.45, 2.75) is 47.6 Å². The minimum atomic E-state index is 0.580. The topological polar surface area (TPSA) is 107 Å². The molecular weight excluding hydrogens is 466 g/mol. The van der Waals surface area contributed by atoms with E-state index in [2.05, 4.69) is 59.0 Å². The molecule has 3 aromatic heterocycles. The third-order valence-corrected chi connectivity index (χ3v) is 6.61. The summed E-state index contributed by atoms with van der Waals surface area (Å²) in [4.78, 5) is 20.9. The first-order valence-electron chi connectivity index (χ1n) is 12.1. The Morgan fingerprint density at radius 3 is 2.36 bits per heavy atom. The molecule has 7 nitrogen and oxygen atoms in total. The summed E-state index contributed by atoms with van der Waals surface area (Å²) in [5.41, 5.74) is 20.7. The molecule has 0 aliphatic carbocycles. The summed E-state index contributed by atoms with van der Waals surface area (Å²) in [6.45, 7) is 11.7. The molecule has 4 N–H and O–H groups in total. The Bertz CT molecular complexity index is 1390. The van der Waals surface area contributed by atoms with Crippen LogP contribution in [0.25, 0.3) is 16.8 Å². The van der Waals surface area contributed by atoms with E-state index in [1.165, 1.54) is 16.9 Å². The fraction of sp³-hybridized carbons (Fsp3) is 0.286. The number of anilines is 2. The lowest BCUT2D eigenvalue weighted by Crippen LogP contribution is -2.25. The van der Waals surface area contributed by atoms with Crippen molar-refractivity contribution in [1.82, 2.24) is 19.9 Å². The van der Waals surface area contributed by atoms with Gasteiger partial charge in [-0.1, -0.05) is 31.2 Å². The van der Waals surface area contributed by atoms with Gasteiger partial charge in [-0.25, -0.2) is 15.0 Å². The molecule has 0 bridgehead atoms. The zero-order valence-electron chi connectivity index (χ0n) is 21.5. The summed E-state index contributed by atoms with van der Waals surface area (Å²) < 4.78 is 0. The van der Waals surface area contributed by atoms with Crippen LogP contribution in [-0.2, 0) is 6.54 Å². The van der Waals surface area contributed by atoms with E-state index in [1.54, 1.807) is 0 Å². The Morgan fingerprint density at radius 1 is 1.00 bits per heavy atom. The average molecular weight is 500 g/mol. The lowest BCUT2D eigenvalue weighted by Gasteiger charge is -2.25. The van der Waals surface area contributed by atoms with Crippen molar-refractivity contribution < 1.29 is 0 Å². The Morgan fingerprint density at radius 2 is 1.75 bits per heavy atom. The highest BCUT2D eigenvalue weighted by Gasteiger charge is 2.18. The maximum Gasteiger partial charge on any atom is 0.180 e. The molecule has 8 heteroatoms. The highest BCUT2D eigenvalue weighted by molar-refractivity contribution is 7.13. The summed E-state index contributed by atoms with van der Waals surface area (Å²) in [6, 6.07) is 12.6. The second kappa shape index (κ2) is 10.9. The van der Waals surface area contributed by atoms with E-state index in [4.69, 9.17) is 21.4 Å². The van der Waals surface area contributed by atoms with Gasteiger partial charge in [-0.2, -0.15) is 0 Å². The van der Waals surface area contributed by atoms with Crippen molar-refractivity contribution >= 4 is 27.9 Å². The van der Waals surface area contributed by atoms with Crippen LogP contribution < -0.4 is 16.4 Å². The lowest BCUT2D eigenvalue weighted by molar-refractivity contribution is 0.750. The van der Waals surface area contributed by atoms with Crippen LogP contribution in [-0.4, -0.2) is 26.5 Å². The highest BCUT2D eigenvalue weighted by atomic mass is 32.1. The number of aromatic nitrogens is 4. The summed E-state index contributed by atoms with van der Waals surface area (Å²) in [6.07, 6.45) is 2.86. The van der Waals surface area contributed by atoms with Crippen LogP contribution in [0.2, 0.25) is 0 Å². The van der Waals surface area contributed by atoms with Crippen molar-refractivity contribution in [2.24, 2.45) is 5.73 Å². The van der Waals surface area contributed by atoms with Crippen molar-refractivity contribution in [3.8, 4) is 11.3 Å². The second-order valence-electron chi connectivity index (χ2n) is 9.08. The molecule has 186 valence electrons. The Hall–Kier alpha value is -3.78. The molecule has 0 saturated heterocycles. The smallest absolute Gasteiger partial charge is 0.180 e. The molecular formula is C28H33N7S. The summed E-state index contributed by atoms with van der Waals surface area (Å²) in [5.74, 6) is 1.50. The molecule has 0 spiro atoms. The minimum Gasteiger partial charge on any atom is -0.402 e. The van der Waals surface area contributed by atoms with Gasteiger partial charge in [0.05, 0.1) is 5.69 Å². The van der Waals surface area contributed by atoms with E-state index in [1.807, 2.05) is 38.4 Å². The van der Waals surface area contributed by atoms with Gasteiger partial charge in [0.25, 0.3) is 0 Å². The van der Waals surface area contributed by atoms with Crippen molar-refractivity contribution in [3.63, 3.8) is 0 Å². The number of hydrogen-bond donors (Lipinski definition) is 2. The second-order valence-corrected chi connectivity index (χ2v) is 9.97. The van der Waals surface area contributed by atoms with Crippen LogP contribution in [0, 0.1) is 20.8 Å².